The standard InChI is InChI=1S/C24H24N4O5/c1-16-9-10-20(17(2)12-16)27-22(29)15-33-21-8-4-3-6-18(21)13-26-28-24(31)23(30)25-14-19-7-5-11-32-19/h3-13H,14-15H2,1-2H3,(H,25,30)(H,27,29)(H,28,31)/b26-13-. The second-order valence-corrected chi connectivity index (χ2v) is 7.15. The average Bonchev–Trinajstić information content (AvgIpc) is 3.32. The van der Waals surface area contributed by atoms with Crippen LogP contribution in [-0.4, -0.2) is 30.5 Å². The molecule has 0 saturated carbocycles. The van der Waals surface area contributed by atoms with Gasteiger partial charge in [-0.2, -0.15) is 5.10 Å². The number of benzene rings is 2. The fourth-order valence-corrected chi connectivity index (χ4v) is 2.87. The summed E-state index contributed by atoms with van der Waals surface area (Å²) in [6.45, 7) is 3.78. The molecule has 3 amide bonds. The van der Waals surface area contributed by atoms with Crippen molar-refractivity contribution in [1.82, 2.24) is 10.7 Å². The first-order valence-corrected chi connectivity index (χ1v) is 10.1. The number of hydrogen-bond donors (Lipinski definition) is 3. The number of nitrogens with zero attached hydrogens (tertiary/aromatic N) is 1. The highest BCUT2D eigenvalue weighted by molar-refractivity contribution is 6.35. The van der Waals surface area contributed by atoms with Gasteiger partial charge in [-0.15, -0.1) is 0 Å². The van der Waals surface area contributed by atoms with Crippen molar-refractivity contribution in [3.8, 4) is 5.75 Å². The molecule has 0 atom stereocenters. The Balaban J connectivity index is 1.50. The van der Waals surface area contributed by atoms with Crippen LogP contribution in [0.5, 0.6) is 5.75 Å². The summed E-state index contributed by atoms with van der Waals surface area (Å²) in [5.41, 5.74) is 5.46. The number of carbonyl (C=O) groups is 3. The number of rotatable bonds is 8. The van der Waals surface area contributed by atoms with Crippen molar-refractivity contribution in [3.63, 3.8) is 0 Å². The van der Waals surface area contributed by atoms with Crippen molar-refractivity contribution in [3.05, 3.63) is 83.3 Å². The lowest BCUT2D eigenvalue weighted by Crippen LogP contribution is -2.37. The zero-order chi connectivity index (χ0) is 23.6. The Morgan fingerprint density at radius 1 is 1.03 bits per heavy atom. The zero-order valence-corrected chi connectivity index (χ0v) is 18.3. The van der Waals surface area contributed by atoms with Gasteiger partial charge in [0.1, 0.15) is 11.5 Å². The van der Waals surface area contributed by atoms with Crippen molar-refractivity contribution in [2.24, 2.45) is 5.10 Å². The van der Waals surface area contributed by atoms with Gasteiger partial charge in [0.2, 0.25) is 0 Å². The van der Waals surface area contributed by atoms with Gasteiger partial charge in [-0.25, -0.2) is 5.43 Å². The molecule has 3 aromatic rings. The van der Waals surface area contributed by atoms with Gasteiger partial charge >= 0.3 is 11.8 Å². The Labute approximate surface area is 190 Å². The first kappa shape index (κ1) is 23.3. The highest BCUT2D eigenvalue weighted by Crippen LogP contribution is 2.18. The van der Waals surface area contributed by atoms with Gasteiger partial charge in [-0.1, -0.05) is 29.8 Å². The minimum Gasteiger partial charge on any atom is -0.483 e. The Hall–Kier alpha value is -4.40. The summed E-state index contributed by atoms with van der Waals surface area (Å²) in [6.07, 6.45) is 2.80. The minimum absolute atomic E-state index is 0.0871. The molecule has 0 spiro atoms. The predicted octanol–water partition coefficient (Wildman–Crippen LogP) is 2.68. The Morgan fingerprint density at radius 2 is 1.85 bits per heavy atom. The first-order valence-electron chi connectivity index (χ1n) is 10.1. The molecule has 0 fully saturated rings. The fourth-order valence-electron chi connectivity index (χ4n) is 2.87. The molecule has 170 valence electrons. The fraction of sp³-hybridized carbons (Fsp3) is 0.167. The highest BCUT2D eigenvalue weighted by atomic mass is 16.5. The van der Waals surface area contributed by atoms with Crippen molar-refractivity contribution in [2.75, 3.05) is 11.9 Å². The van der Waals surface area contributed by atoms with Crippen LogP contribution in [0.2, 0.25) is 0 Å². The summed E-state index contributed by atoms with van der Waals surface area (Å²) in [5, 5.41) is 9.02. The van der Waals surface area contributed by atoms with Gasteiger partial charge in [-0.05, 0) is 49.7 Å². The quantitative estimate of drug-likeness (QED) is 0.278. The third-order valence-corrected chi connectivity index (χ3v) is 4.51. The van der Waals surface area contributed by atoms with E-state index in [0.717, 1.165) is 16.8 Å². The molecule has 1 heterocycles. The molecule has 2 aromatic carbocycles. The first-order chi connectivity index (χ1) is 15.9. The molecule has 0 aliphatic rings. The van der Waals surface area contributed by atoms with Crippen LogP contribution in [0.25, 0.3) is 0 Å². The molecule has 0 bridgehead atoms. The largest absolute Gasteiger partial charge is 0.483 e. The molecule has 3 rings (SSSR count). The monoisotopic (exact) mass is 448 g/mol. The maximum absolute atomic E-state index is 12.3. The summed E-state index contributed by atoms with van der Waals surface area (Å²) in [6, 6.07) is 16.0. The second-order valence-electron chi connectivity index (χ2n) is 7.15. The van der Waals surface area contributed by atoms with E-state index in [1.54, 1.807) is 36.4 Å². The van der Waals surface area contributed by atoms with Gasteiger partial charge in [0.15, 0.2) is 6.61 Å². The number of carbonyl (C=O) groups excluding carboxylic acids is 3. The lowest BCUT2D eigenvalue weighted by atomic mass is 10.1. The van der Waals surface area contributed by atoms with E-state index < -0.39 is 11.8 Å². The number of hydrazone groups is 1. The third-order valence-electron chi connectivity index (χ3n) is 4.51. The Morgan fingerprint density at radius 3 is 2.61 bits per heavy atom. The topological polar surface area (TPSA) is 122 Å². The summed E-state index contributed by atoms with van der Waals surface area (Å²) in [7, 11) is 0. The van der Waals surface area contributed by atoms with Crippen LogP contribution in [-0.2, 0) is 20.9 Å². The third kappa shape index (κ3) is 7.06. The van der Waals surface area contributed by atoms with Crippen LogP contribution >= 0.6 is 0 Å². The van der Waals surface area contributed by atoms with Crippen LogP contribution < -0.4 is 20.8 Å². The molecule has 9 heteroatoms. The summed E-state index contributed by atoms with van der Waals surface area (Å²) in [4.78, 5) is 36.0. The molecule has 0 aliphatic carbocycles. The number of ether oxygens (including phenoxy) is 1. The van der Waals surface area contributed by atoms with Crippen molar-refractivity contribution in [1.29, 1.82) is 0 Å². The van der Waals surface area contributed by atoms with Crippen LogP contribution in [0.3, 0.4) is 0 Å². The Bertz CT molecular complexity index is 1160. The number of aryl methyl sites for hydroxylation is 2. The van der Waals surface area contributed by atoms with E-state index in [-0.39, 0.29) is 19.1 Å². The molecule has 0 saturated heterocycles. The van der Waals surface area contributed by atoms with Crippen LogP contribution in [0.4, 0.5) is 5.69 Å². The number of hydrogen-bond acceptors (Lipinski definition) is 6. The van der Waals surface area contributed by atoms with Crippen molar-refractivity contribution in [2.45, 2.75) is 20.4 Å². The predicted molar refractivity (Wildman–Crippen MR) is 123 cm³/mol. The molecular formula is C24H24N4O5. The summed E-state index contributed by atoms with van der Waals surface area (Å²) < 4.78 is 10.7. The molecule has 3 N–H and O–H groups in total. The van der Waals surface area contributed by atoms with Gasteiger partial charge in [0.05, 0.1) is 19.0 Å². The summed E-state index contributed by atoms with van der Waals surface area (Å²) in [5.74, 6) is -1.17. The molecule has 0 unspecified atom stereocenters. The minimum atomic E-state index is -0.927. The van der Waals surface area contributed by atoms with E-state index in [0.29, 0.717) is 17.1 Å². The number of anilines is 1. The van der Waals surface area contributed by atoms with E-state index in [1.807, 2.05) is 32.0 Å². The van der Waals surface area contributed by atoms with E-state index in [1.165, 1.54) is 12.5 Å². The molecule has 0 aliphatic heterocycles. The zero-order valence-electron chi connectivity index (χ0n) is 18.3. The van der Waals surface area contributed by atoms with E-state index in [4.69, 9.17) is 9.15 Å². The van der Waals surface area contributed by atoms with Crippen molar-refractivity contribution >= 4 is 29.6 Å². The van der Waals surface area contributed by atoms with Gasteiger partial charge in [0.25, 0.3) is 5.91 Å². The average molecular weight is 448 g/mol. The maximum Gasteiger partial charge on any atom is 0.329 e. The van der Waals surface area contributed by atoms with Crippen LogP contribution in [0.15, 0.2) is 70.4 Å². The number of amides is 3. The molecular weight excluding hydrogens is 424 g/mol. The molecule has 9 nitrogen and oxygen atoms in total. The normalized spacial score (nSPS) is 10.6. The van der Waals surface area contributed by atoms with Crippen LogP contribution in [0, 0.1) is 13.8 Å². The van der Waals surface area contributed by atoms with E-state index in [2.05, 4.69) is 21.2 Å². The SMILES string of the molecule is Cc1ccc(NC(=O)COc2ccccc2/C=N\NC(=O)C(=O)NCc2ccco2)c(C)c1. The molecule has 0 radical (unpaired) electrons. The second kappa shape index (κ2) is 11.3. The maximum atomic E-state index is 12.3. The lowest BCUT2D eigenvalue weighted by Gasteiger charge is -2.11. The van der Waals surface area contributed by atoms with Gasteiger partial charge < -0.3 is 19.8 Å². The van der Waals surface area contributed by atoms with Gasteiger partial charge in [-0.3, -0.25) is 14.4 Å². The van der Waals surface area contributed by atoms with Gasteiger partial charge in [0, 0.05) is 11.3 Å². The summed E-state index contributed by atoms with van der Waals surface area (Å²) >= 11 is 0. The van der Waals surface area contributed by atoms with Crippen LogP contribution in [0.1, 0.15) is 22.5 Å². The highest BCUT2D eigenvalue weighted by Gasteiger charge is 2.13. The number of nitrogens with one attached hydrogen (secondary N) is 3. The molecule has 1 aromatic heterocycles. The van der Waals surface area contributed by atoms with E-state index >= 15 is 0 Å². The number of para-hydroxylation sites is 1. The lowest BCUT2D eigenvalue weighted by molar-refractivity contribution is -0.139. The van der Waals surface area contributed by atoms with E-state index in [9.17, 15) is 14.4 Å². The smallest absolute Gasteiger partial charge is 0.329 e. The van der Waals surface area contributed by atoms with Crippen molar-refractivity contribution < 1.29 is 23.5 Å². The molecule has 33 heavy (non-hydrogen) atoms. The number of furan rings is 1. The Kier molecular flexibility index (Phi) is 7.96.